The predicted octanol–water partition coefficient (Wildman–Crippen LogP) is 1.29. The molecule has 2 rings (SSSR count). The van der Waals surface area contributed by atoms with E-state index in [2.05, 4.69) is 16.7 Å². The van der Waals surface area contributed by atoms with Crippen molar-refractivity contribution in [1.82, 2.24) is 9.96 Å². The summed E-state index contributed by atoms with van der Waals surface area (Å²) in [7, 11) is 0. The summed E-state index contributed by atoms with van der Waals surface area (Å²) >= 11 is 0. The van der Waals surface area contributed by atoms with E-state index in [1.807, 2.05) is 6.92 Å². The van der Waals surface area contributed by atoms with Crippen molar-refractivity contribution < 1.29 is 0 Å². The van der Waals surface area contributed by atoms with Crippen LogP contribution in [0.15, 0.2) is 0 Å². The molecular formula is C12H19N2O-. The molecule has 0 N–H and O–H groups in total. The molecule has 2 atom stereocenters. The van der Waals surface area contributed by atoms with E-state index >= 15 is 0 Å². The molecular weight excluding hydrogens is 188 g/mol. The molecule has 2 heterocycles. The third-order valence-corrected chi connectivity index (χ3v) is 3.46. The molecule has 0 aromatic carbocycles. The van der Waals surface area contributed by atoms with Crippen molar-refractivity contribution in [2.45, 2.75) is 32.2 Å². The maximum atomic E-state index is 11.2. The maximum Gasteiger partial charge on any atom is 0.0755 e. The van der Waals surface area contributed by atoms with E-state index in [1.165, 1.54) is 17.9 Å². The minimum atomic E-state index is 0.330. The summed E-state index contributed by atoms with van der Waals surface area (Å²) in [5, 5.41) is 12.4. The fraction of sp³-hybridized carbons (Fsp3) is 0.833. The topological polar surface area (TPSA) is 29.5 Å². The van der Waals surface area contributed by atoms with Gasteiger partial charge in [0.15, 0.2) is 0 Å². The first-order chi connectivity index (χ1) is 7.31. The molecule has 15 heavy (non-hydrogen) atoms. The summed E-state index contributed by atoms with van der Waals surface area (Å²) in [5.74, 6) is 6.79. The zero-order chi connectivity index (χ0) is 10.7. The number of hydrogen-bond donors (Lipinski definition) is 0. The van der Waals surface area contributed by atoms with E-state index in [1.54, 1.807) is 0 Å². The molecule has 84 valence electrons. The number of rotatable bonds is 2. The van der Waals surface area contributed by atoms with Crippen LogP contribution < -0.4 is 0 Å². The second kappa shape index (κ2) is 4.98. The first kappa shape index (κ1) is 10.9. The highest BCUT2D eigenvalue weighted by Crippen LogP contribution is 2.25. The van der Waals surface area contributed by atoms with E-state index in [-0.39, 0.29) is 0 Å². The highest BCUT2D eigenvalue weighted by molar-refractivity contribution is 5.10. The van der Waals surface area contributed by atoms with E-state index in [4.69, 9.17) is 0 Å². The fourth-order valence-electron chi connectivity index (χ4n) is 2.69. The molecule has 0 bridgehead atoms. The van der Waals surface area contributed by atoms with Gasteiger partial charge in [-0.2, -0.15) is 0 Å². The lowest BCUT2D eigenvalue weighted by Gasteiger charge is -2.29. The van der Waals surface area contributed by atoms with E-state index in [0.29, 0.717) is 25.0 Å². The second-order valence-corrected chi connectivity index (χ2v) is 4.52. The SMILES string of the molecule is CC#CC(C1CCN([O-])C1)N1CCCC1. The van der Waals surface area contributed by atoms with Crippen molar-refractivity contribution in [2.75, 3.05) is 26.2 Å². The summed E-state index contributed by atoms with van der Waals surface area (Å²) in [6, 6.07) is 0.330. The Labute approximate surface area is 92.0 Å². The third-order valence-electron chi connectivity index (χ3n) is 3.46. The van der Waals surface area contributed by atoms with Crippen LogP contribution >= 0.6 is 0 Å². The lowest BCUT2D eigenvalue weighted by atomic mass is 9.98. The zero-order valence-corrected chi connectivity index (χ0v) is 9.41. The molecule has 3 nitrogen and oxygen atoms in total. The molecule has 0 aromatic heterocycles. The first-order valence-electron chi connectivity index (χ1n) is 5.89. The molecule has 2 fully saturated rings. The Hall–Kier alpha value is -0.560. The molecule has 0 aliphatic carbocycles. The summed E-state index contributed by atoms with van der Waals surface area (Å²) < 4.78 is 0. The van der Waals surface area contributed by atoms with Gasteiger partial charge in [-0.25, -0.2) is 0 Å². The Kier molecular flexibility index (Phi) is 3.63. The highest BCUT2D eigenvalue weighted by Gasteiger charge is 2.30. The summed E-state index contributed by atoms with van der Waals surface area (Å²) in [6.45, 7) is 5.59. The highest BCUT2D eigenvalue weighted by atomic mass is 16.5. The Bertz CT molecular complexity index is 263. The van der Waals surface area contributed by atoms with Crippen LogP contribution in [-0.4, -0.2) is 42.2 Å². The normalized spacial score (nSPS) is 30.1. The minimum Gasteiger partial charge on any atom is -0.785 e. The van der Waals surface area contributed by atoms with E-state index in [9.17, 15) is 5.21 Å². The molecule has 0 radical (unpaired) electrons. The molecule has 0 saturated carbocycles. The first-order valence-corrected chi connectivity index (χ1v) is 5.89. The van der Waals surface area contributed by atoms with Crippen LogP contribution in [0.5, 0.6) is 0 Å². The number of nitrogens with zero attached hydrogens (tertiary/aromatic N) is 2. The van der Waals surface area contributed by atoms with Crippen LogP contribution in [0.1, 0.15) is 26.2 Å². The second-order valence-electron chi connectivity index (χ2n) is 4.52. The Morgan fingerprint density at radius 3 is 2.53 bits per heavy atom. The standard InChI is InChI=1S/C12H19N2O/c1-2-5-12(13-7-3-4-8-13)11-6-9-14(15)10-11/h11-12H,3-4,6-10H2,1H3/q-1. The van der Waals surface area contributed by atoms with Crippen molar-refractivity contribution in [3.05, 3.63) is 5.21 Å². The van der Waals surface area contributed by atoms with Gasteiger partial charge in [0.25, 0.3) is 0 Å². The largest absolute Gasteiger partial charge is 0.785 e. The van der Waals surface area contributed by atoms with Gasteiger partial charge >= 0.3 is 0 Å². The molecule has 0 amide bonds. The maximum absolute atomic E-state index is 11.2. The van der Waals surface area contributed by atoms with Crippen molar-refractivity contribution in [3.8, 4) is 11.8 Å². The van der Waals surface area contributed by atoms with E-state index < -0.39 is 0 Å². The molecule has 3 heteroatoms. The van der Waals surface area contributed by atoms with Gasteiger partial charge in [0, 0.05) is 0 Å². The fourth-order valence-corrected chi connectivity index (χ4v) is 2.69. The molecule has 2 aliphatic heterocycles. The molecule has 2 saturated heterocycles. The lowest BCUT2D eigenvalue weighted by Crippen LogP contribution is -2.38. The molecule has 0 aromatic rings. The van der Waals surface area contributed by atoms with E-state index in [0.717, 1.165) is 19.5 Å². The number of likely N-dealkylation sites (tertiary alicyclic amines) is 1. The van der Waals surface area contributed by atoms with Gasteiger partial charge < -0.3 is 10.3 Å². The number of hydrogen-bond acceptors (Lipinski definition) is 3. The summed E-state index contributed by atoms with van der Waals surface area (Å²) in [4.78, 5) is 2.46. The Morgan fingerprint density at radius 1 is 1.27 bits per heavy atom. The van der Waals surface area contributed by atoms with Gasteiger partial charge in [-0.05, 0) is 58.3 Å². The zero-order valence-electron chi connectivity index (χ0n) is 9.41. The monoisotopic (exact) mass is 207 g/mol. The quantitative estimate of drug-likeness (QED) is 0.639. The minimum absolute atomic E-state index is 0.330. The van der Waals surface area contributed by atoms with Crippen LogP contribution in [0.25, 0.3) is 0 Å². The molecule has 0 spiro atoms. The smallest absolute Gasteiger partial charge is 0.0755 e. The van der Waals surface area contributed by atoms with Gasteiger partial charge in [0.2, 0.25) is 0 Å². The van der Waals surface area contributed by atoms with Crippen LogP contribution in [-0.2, 0) is 0 Å². The molecule has 2 aliphatic rings. The average molecular weight is 207 g/mol. The van der Waals surface area contributed by atoms with Gasteiger partial charge in [-0.1, -0.05) is 5.92 Å². The van der Waals surface area contributed by atoms with Crippen molar-refractivity contribution in [1.29, 1.82) is 0 Å². The predicted molar refractivity (Wildman–Crippen MR) is 61.1 cm³/mol. The van der Waals surface area contributed by atoms with Gasteiger partial charge in [-0.3, -0.25) is 4.90 Å². The van der Waals surface area contributed by atoms with Gasteiger partial charge in [0.05, 0.1) is 6.04 Å². The van der Waals surface area contributed by atoms with Gasteiger partial charge in [0.1, 0.15) is 0 Å². The van der Waals surface area contributed by atoms with Crippen molar-refractivity contribution in [3.63, 3.8) is 0 Å². The van der Waals surface area contributed by atoms with Crippen LogP contribution in [0.3, 0.4) is 0 Å². The number of hydroxylamine groups is 2. The van der Waals surface area contributed by atoms with Crippen LogP contribution in [0.4, 0.5) is 0 Å². The summed E-state index contributed by atoms with van der Waals surface area (Å²) in [5.41, 5.74) is 0. The van der Waals surface area contributed by atoms with Crippen molar-refractivity contribution in [2.24, 2.45) is 5.92 Å². The van der Waals surface area contributed by atoms with Crippen LogP contribution in [0, 0.1) is 23.0 Å². The third kappa shape index (κ3) is 2.52. The Morgan fingerprint density at radius 2 is 2.00 bits per heavy atom. The lowest BCUT2D eigenvalue weighted by molar-refractivity contribution is 0.224. The van der Waals surface area contributed by atoms with Gasteiger partial charge in [-0.15, -0.1) is 5.92 Å². The Balaban J connectivity index is 2.01. The molecule has 2 unspecified atom stereocenters. The average Bonchev–Trinajstić information content (AvgIpc) is 2.85. The summed E-state index contributed by atoms with van der Waals surface area (Å²) in [6.07, 6.45) is 3.59. The van der Waals surface area contributed by atoms with Crippen LogP contribution in [0.2, 0.25) is 0 Å². The van der Waals surface area contributed by atoms with Crippen molar-refractivity contribution >= 4 is 0 Å².